The van der Waals surface area contributed by atoms with Crippen molar-refractivity contribution in [3.8, 4) is 0 Å². The molecular weight excluding hydrogens is 393 g/mol. The van der Waals surface area contributed by atoms with E-state index in [2.05, 4.69) is 19.1 Å². The van der Waals surface area contributed by atoms with Crippen LogP contribution in [0.25, 0.3) is 0 Å². The van der Waals surface area contributed by atoms with Gasteiger partial charge in [0.25, 0.3) is 0 Å². The first-order chi connectivity index (χ1) is 14.3. The topological polar surface area (TPSA) is 46.5 Å². The van der Waals surface area contributed by atoms with Gasteiger partial charge in [-0.25, -0.2) is 0 Å². The van der Waals surface area contributed by atoms with Crippen LogP contribution in [-0.4, -0.2) is 42.9 Å². The van der Waals surface area contributed by atoms with E-state index >= 15 is 0 Å². The molecule has 2 unspecified atom stereocenters. The van der Waals surface area contributed by atoms with Crippen molar-refractivity contribution < 1.29 is 18.5 Å². The van der Waals surface area contributed by atoms with E-state index < -0.39 is 7.60 Å². The van der Waals surface area contributed by atoms with Gasteiger partial charge in [0.15, 0.2) is 5.78 Å². The molecule has 0 aliphatic heterocycles. The lowest BCUT2D eigenvalue weighted by Crippen LogP contribution is -2.44. The van der Waals surface area contributed by atoms with Gasteiger partial charge in [0, 0.05) is 6.42 Å². The SMILES string of the molecule is CCCCCCCCCCCCC=CCCCCCOP(=O)(O)C(CC)[N+](C)(C)C. The lowest BCUT2D eigenvalue weighted by atomic mass is 10.1. The number of allylic oxidation sites excluding steroid dienone is 2. The lowest BCUT2D eigenvalue weighted by Gasteiger charge is -2.35. The fourth-order valence-corrected chi connectivity index (χ4v) is 5.92. The Hall–Kier alpha value is -0.150. The first-order valence-corrected chi connectivity index (χ1v) is 14.3. The highest BCUT2D eigenvalue weighted by Gasteiger charge is 2.41. The molecule has 0 saturated heterocycles. The Bertz CT molecular complexity index is 460. The van der Waals surface area contributed by atoms with Crippen molar-refractivity contribution >= 4 is 7.60 Å². The summed E-state index contributed by atoms with van der Waals surface area (Å²) >= 11 is 0. The maximum Gasteiger partial charge on any atom is 0.385 e. The molecule has 5 heteroatoms. The molecule has 30 heavy (non-hydrogen) atoms. The fourth-order valence-electron chi connectivity index (χ4n) is 4.02. The van der Waals surface area contributed by atoms with Crippen LogP contribution in [0.5, 0.6) is 0 Å². The van der Waals surface area contributed by atoms with Crippen LogP contribution >= 0.6 is 7.60 Å². The van der Waals surface area contributed by atoms with Crippen LogP contribution in [0.4, 0.5) is 0 Å². The number of hydrogen-bond donors (Lipinski definition) is 1. The lowest BCUT2D eigenvalue weighted by molar-refractivity contribution is -0.883. The van der Waals surface area contributed by atoms with Crippen LogP contribution < -0.4 is 0 Å². The second kappa shape index (κ2) is 18.4. The summed E-state index contributed by atoms with van der Waals surface area (Å²) in [6.07, 6.45) is 24.5. The minimum atomic E-state index is -3.56. The Morgan fingerprint density at radius 1 is 0.767 bits per heavy atom. The minimum Gasteiger partial charge on any atom is -0.320 e. The van der Waals surface area contributed by atoms with E-state index in [0.29, 0.717) is 17.5 Å². The molecule has 0 spiro atoms. The van der Waals surface area contributed by atoms with Crippen molar-refractivity contribution in [3.05, 3.63) is 12.2 Å². The molecule has 0 rings (SSSR count). The number of hydrogen-bond acceptors (Lipinski definition) is 2. The molecule has 0 fully saturated rings. The molecule has 0 aromatic heterocycles. The molecule has 0 saturated carbocycles. The molecule has 0 radical (unpaired) electrons. The summed E-state index contributed by atoms with van der Waals surface area (Å²) in [6.45, 7) is 4.60. The zero-order valence-corrected chi connectivity index (χ0v) is 21.8. The van der Waals surface area contributed by atoms with Crippen LogP contribution in [0.1, 0.15) is 117 Å². The number of nitrogens with zero attached hydrogens (tertiary/aromatic N) is 1. The average molecular weight is 447 g/mol. The zero-order chi connectivity index (χ0) is 22.7. The second-order valence-electron chi connectivity index (χ2n) is 9.69. The van der Waals surface area contributed by atoms with Crippen molar-refractivity contribution in [3.63, 3.8) is 0 Å². The summed E-state index contributed by atoms with van der Waals surface area (Å²) in [6, 6.07) is 0. The van der Waals surface area contributed by atoms with Crippen LogP contribution in [0.15, 0.2) is 12.2 Å². The van der Waals surface area contributed by atoms with Gasteiger partial charge in [0.2, 0.25) is 0 Å². The first-order valence-electron chi connectivity index (χ1n) is 12.7. The molecule has 180 valence electrons. The van der Waals surface area contributed by atoms with Gasteiger partial charge < -0.3 is 13.9 Å². The summed E-state index contributed by atoms with van der Waals surface area (Å²) in [4.78, 5) is 10.3. The van der Waals surface area contributed by atoms with E-state index in [1.54, 1.807) is 0 Å². The molecule has 1 N–H and O–H groups in total. The maximum atomic E-state index is 12.5. The Morgan fingerprint density at radius 3 is 1.63 bits per heavy atom. The minimum absolute atomic E-state index is 0.355. The predicted molar refractivity (Wildman–Crippen MR) is 132 cm³/mol. The Kier molecular flexibility index (Phi) is 18.3. The standard InChI is InChI=1S/C25H52NO3P/c1-6-8-9-10-11-12-13-14-15-16-17-18-19-20-21-22-23-24-29-30(27,28)25(7-2)26(3,4)5/h18-19,25H,6-17,20-24H2,1-5H3/p+1. The fraction of sp³-hybridized carbons (Fsp3) is 0.920. The van der Waals surface area contributed by atoms with E-state index in [1.165, 1.54) is 70.6 Å². The highest BCUT2D eigenvalue weighted by atomic mass is 31.2. The zero-order valence-electron chi connectivity index (χ0n) is 20.9. The summed E-state index contributed by atoms with van der Waals surface area (Å²) in [5.41, 5.74) is 0. The summed E-state index contributed by atoms with van der Waals surface area (Å²) in [5, 5.41) is 0. The molecule has 0 aromatic rings. The van der Waals surface area contributed by atoms with E-state index in [-0.39, 0.29) is 5.78 Å². The van der Waals surface area contributed by atoms with Gasteiger partial charge in [-0.1, -0.05) is 90.2 Å². The monoisotopic (exact) mass is 446 g/mol. The van der Waals surface area contributed by atoms with Crippen molar-refractivity contribution in [2.24, 2.45) is 0 Å². The first kappa shape index (κ1) is 29.9. The van der Waals surface area contributed by atoms with Crippen LogP contribution in [-0.2, 0) is 9.09 Å². The van der Waals surface area contributed by atoms with Crippen molar-refractivity contribution in [2.45, 2.75) is 122 Å². The second-order valence-corrected chi connectivity index (χ2v) is 11.7. The van der Waals surface area contributed by atoms with Gasteiger partial charge >= 0.3 is 7.60 Å². The molecule has 0 amide bonds. The van der Waals surface area contributed by atoms with E-state index in [1.807, 2.05) is 28.1 Å². The van der Waals surface area contributed by atoms with Gasteiger partial charge in [-0.2, -0.15) is 0 Å². The number of rotatable bonds is 21. The third kappa shape index (κ3) is 16.5. The normalized spacial score (nSPS) is 15.5. The number of quaternary nitrogens is 1. The van der Waals surface area contributed by atoms with Gasteiger partial charge in [-0.05, 0) is 32.1 Å². The molecular formula is C25H53NO3P+. The van der Waals surface area contributed by atoms with Crippen LogP contribution in [0.2, 0.25) is 0 Å². The molecule has 0 aromatic carbocycles. The Labute approximate surface area is 188 Å². The molecule has 0 aliphatic carbocycles. The molecule has 0 heterocycles. The Morgan fingerprint density at radius 2 is 1.20 bits per heavy atom. The molecule has 0 bridgehead atoms. The largest absolute Gasteiger partial charge is 0.385 e. The third-order valence-corrected chi connectivity index (χ3v) is 8.18. The predicted octanol–water partition coefficient (Wildman–Crippen LogP) is 8.06. The highest BCUT2D eigenvalue weighted by molar-refractivity contribution is 7.53. The van der Waals surface area contributed by atoms with Gasteiger partial charge in [0.05, 0.1) is 27.7 Å². The van der Waals surface area contributed by atoms with E-state index in [0.717, 1.165) is 25.7 Å². The van der Waals surface area contributed by atoms with Crippen LogP contribution in [0, 0.1) is 0 Å². The quantitative estimate of drug-likeness (QED) is 0.0839. The van der Waals surface area contributed by atoms with Gasteiger partial charge in [-0.15, -0.1) is 0 Å². The average Bonchev–Trinajstić information content (AvgIpc) is 2.66. The highest BCUT2D eigenvalue weighted by Crippen LogP contribution is 2.51. The van der Waals surface area contributed by atoms with Crippen molar-refractivity contribution in [1.29, 1.82) is 0 Å². The van der Waals surface area contributed by atoms with Crippen molar-refractivity contribution in [2.75, 3.05) is 27.7 Å². The Balaban J connectivity index is 3.53. The van der Waals surface area contributed by atoms with Crippen molar-refractivity contribution in [1.82, 2.24) is 0 Å². The number of unbranched alkanes of at least 4 members (excludes halogenated alkanes) is 13. The summed E-state index contributed by atoms with van der Waals surface area (Å²) in [5.74, 6) is -0.355. The maximum absolute atomic E-state index is 12.5. The van der Waals surface area contributed by atoms with Gasteiger partial charge in [-0.3, -0.25) is 4.57 Å². The van der Waals surface area contributed by atoms with E-state index in [9.17, 15) is 9.46 Å². The summed E-state index contributed by atoms with van der Waals surface area (Å²) in [7, 11) is 2.28. The smallest absolute Gasteiger partial charge is 0.320 e. The van der Waals surface area contributed by atoms with Gasteiger partial charge in [0.1, 0.15) is 0 Å². The van der Waals surface area contributed by atoms with Crippen LogP contribution in [0.3, 0.4) is 0 Å². The molecule has 0 aliphatic rings. The van der Waals surface area contributed by atoms with E-state index in [4.69, 9.17) is 4.52 Å². The third-order valence-electron chi connectivity index (χ3n) is 5.82. The molecule has 4 nitrogen and oxygen atoms in total. The molecule has 2 atom stereocenters. The summed E-state index contributed by atoms with van der Waals surface area (Å²) < 4.78 is 18.3.